The number of methoxy groups -OCH3 is 1. The molecule has 17 heavy (non-hydrogen) atoms. The number of aromatic nitrogens is 2. The van der Waals surface area contributed by atoms with Gasteiger partial charge in [0.05, 0.1) is 24.6 Å². The number of carbonyl (C=O) groups excluding carboxylic acids is 1. The van der Waals surface area contributed by atoms with Crippen LogP contribution in [-0.2, 0) is 7.05 Å². The van der Waals surface area contributed by atoms with Gasteiger partial charge in [-0.05, 0) is 24.6 Å². The fourth-order valence-electron chi connectivity index (χ4n) is 1.86. The van der Waals surface area contributed by atoms with Crippen LogP contribution < -0.4 is 4.74 Å². The van der Waals surface area contributed by atoms with Gasteiger partial charge in [-0.2, -0.15) is 5.10 Å². The maximum absolute atomic E-state index is 11.0. The summed E-state index contributed by atoms with van der Waals surface area (Å²) in [6, 6.07) is 5.87. The summed E-state index contributed by atoms with van der Waals surface area (Å²) < 4.78 is 7.02. The van der Waals surface area contributed by atoms with Crippen LogP contribution in [-0.4, -0.2) is 23.2 Å². The van der Waals surface area contributed by atoms with Gasteiger partial charge in [0, 0.05) is 12.6 Å². The molecule has 0 saturated carbocycles. The van der Waals surface area contributed by atoms with Crippen molar-refractivity contribution >= 4 is 6.29 Å². The number of hydrogen-bond acceptors (Lipinski definition) is 3. The lowest BCUT2D eigenvalue weighted by Gasteiger charge is -2.10. The number of nitrogens with zero attached hydrogens (tertiary/aromatic N) is 2. The summed E-state index contributed by atoms with van der Waals surface area (Å²) in [5.41, 5.74) is 3.33. The smallest absolute Gasteiger partial charge is 0.153 e. The normalized spacial score (nSPS) is 10.3. The van der Waals surface area contributed by atoms with Gasteiger partial charge in [0.25, 0.3) is 0 Å². The number of aryl methyl sites for hydroxylation is 2. The van der Waals surface area contributed by atoms with E-state index in [1.807, 2.05) is 32.2 Å². The Hall–Kier alpha value is -2.10. The number of ether oxygens (including phenoxy) is 1. The van der Waals surface area contributed by atoms with Gasteiger partial charge < -0.3 is 4.74 Å². The third-order valence-electron chi connectivity index (χ3n) is 2.71. The van der Waals surface area contributed by atoms with Gasteiger partial charge in [0.15, 0.2) is 6.29 Å². The lowest BCUT2D eigenvalue weighted by molar-refractivity contribution is 0.112. The Balaban J connectivity index is 2.67. The van der Waals surface area contributed by atoms with Crippen LogP contribution in [0.25, 0.3) is 11.3 Å². The summed E-state index contributed by atoms with van der Waals surface area (Å²) in [5, 5.41) is 4.09. The molecule has 0 unspecified atom stereocenters. The standard InChI is InChI=1S/C13H14N2O2/c1-9-4-5-11(12(6-9)17-3)13-10(8-16)7-14-15(13)2/h4-8H,1-3H3. The Kier molecular flexibility index (Phi) is 2.95. The maximum Gasteiger partial charge on any atom is 0.153 e. The van der Waals surface area contributed by atoms with E-state index in [1.165, 1.54) is 0 Å². The van der Waals surface area contributed by atoms with Crippen LogP contribution >= 0.6 is 0 Å². The Labute approximate surface area is 99.8 Å². The van der Waals surface area contributed by atoms with Crippen molar-refractivity contribution in [1.82, 2.24) is 9.78 Å². The number of benzene rings is 1. The van der Waals surface area contributed by atoms with E-state index in [0.717, 1.165) is 28.9 Å². The van der Waals surface area contributed by atoms with Crippen molar-refractivity contribution in [3.8, 4) is 17.0 Å². The molecule has 0 aliphatic rings. The third kappa shape index (κ3) is 1.93. The lowest BCUT2D eigenvalue weighted by Crippen LogP contribution is -1.98. The first kappa shape index (κ1) is 11.4. The van der Waals surface area contributed by atoms with Crippen LogP contribution in [0.2, 0.25) is 0 Å². The van der Waals surface area contributed by atoms with E-state index < -0.39 is 0 Å². The van der Waals surface area contributed by atoms with Gasteiger partial charge in [-0.15, -0.1) is 0 Å². The maximum atomic E-state index is 11.0. The van der Waals surface area contributed by atoms with Crippen LogP contribution in [0.4, 0.5) is 0 Å². The molecule has 0 aliphatic heterocycles. The molecule has 0 fully saturated rings. The summed E-state index contributed by atoms with van der Waals surface area (Å²) >= 11 is 0. The van der Waals surface area contributed by atoms with E-state index >= 15 is 0 Å². The average Bonchev–Trinajstić information content (AvgIpc) is 2.70. The molecular weight excluding hydrogens is 216 g/mol. The molecule has 4 heteroatoms. The van der Waals surface area contributed by atoms with E-state index in [4.69, 9.17) is 4.74 Å². The highest BCUT2D eigenvalue weighted by Gasteiger charge is 2.14. The molecule has 1 aromatic heterocycles. The molecule has 1 heterocycles. The lowest BCUT2D eigenvalue weighted by atomic mass is 10.1. The average molecular weight is 230 g/mol. The van der Waals surface area contributed by atoms with Crippen LogP contribution in [0.15, 0.2) is 24.4 Å². The van der Waals surface area contributed by atoms with E-state index in [-0.39, 0.29) is 0 Å². The van der Waals surface area contributed by atoms with Crippen LogP contribution in [0, 0.1) is 6.92 Å². The molecule has 0 atom stereocenters. The number of aldehydes is 1. The van der Waals surface area contributed by atoms with E-state index in [9.17, 15) is 4.79 Å². The quantitative estimate of drug-likeness (QED) is 0.759. The highest BCUT2D eigenvalue weighted by molar-refractivity contribution is 5.87. The minimum Gasteiger partial charge on any atom is -0.496 e. The third-order valence-corrected chi connectivity index (χ3v) is 2.71. The van der Waals surface area contributed by atoms with Gasteiger partial charge in [0.1, 0.15) is 5.75 Å². The Bertz CT molecular complexity index is 559. The van der Waals surface area contributed by atoms with Crippen molar-refractivity contribution in [2.75, 3.05) is 7.11 Å². The zero-order valence-electron chi connectivity index (χ0n) is 10.1. The molecule has 2 aromatic rings. The summed E-state index contributed by atoms with van der Waals surface area (Å²) in [4.78, 5) is 11.0. The first-order valence-electron chi connectivity index (χ1n) is 5.29. The molecule has 0 N–H and O–H groups in total. The molecule has 0 amide bonds. The topological polar surface area (TPSA) is 44.1 Å². The molecular formula is C13H14N2O2. The van der Waals surface area contributed by atoms with Crippen molar-refractivity contribution in [3.05, 3.63) is 35.5 Å². The molecule has 88 valence electrons. The number of rotatable bonds is 3. The summed E-state index contributed by atoms with van der Waals surface area (Å²) in [6.45, 7) is 2.00. The fraction of sp³-hybridized carbons (Fsp3) is 0.231. The first-order chi connectivity index (χ1) is 8.17. The van der Waals surface area contributed by atoms with Gasteiger partial charge >= 0.3 is 0 Å². The van der Waals surface area contributed by atoms with E-state index in [1.54, 1.807) is 18.0 Å². The van der Waals surface area contributed by atoms with Crippen molar-refractivity contribution in [1.29, 1.82) is 0 Å². The predicted octanol–water partition coefficient (Wildman–Crippen LogP) is 2.22. The van der Waals surface area contributed by atoms with Gasteiger partial charge in [-0.25, -0.2) is 0 Å². The van der Waals surface area contributed by atoms with Crippen LogP contribution in [0.3, 0.4) is 0 Å². The van der Waals surface area contributed by atoms with Gasteiger partial charge in [-0.3, -0.25) is 9.48 Å². The van der Waals surface area contributed by atoms with E-state index in [0.29, 0.717) is 5.56 Å². The molecule has 0 aliphatic carbocycles. The van der Waals surface area contributed by atoms with Gasteiger partial charge in [0.2, 0.25) is 0 Å². The zero-order valence-corrected chi connectivity index (χ0v) is 10.1. The minimum absolute atomic E-state index is 0.564. The number of hydrogen-bond donors (Lipinski definition) is 0. The largest absolute Gasteiger partial charge is 0.496 e. The predicted molar refractivity (Wildman–Crippen MR) is 65.3 cm³/mol. The summed E-state index contributed by atoms with van der Waals surface area (Å²) in [5.74, 6) is 0.747. The van der Waals surface area contributed by atoms with E-state index in [2.05, 4.69) is 5.10 Å². The Morgan fingerprint density at radius 2 is 2.18 bits per heavy atom. The fourth-order valence-corrected chi connectivity index (χ4v) is 1.86. The SMILES string of the molecule is COc1cc(C)ccc1-c1c(C=O)cnn1C. The second-order valence-corrected chi connectivity index (χ2v) is 3.89. The molecule has 0 saturated heterocycles. The monoisotopic (exact) mass is 230 g/mol. The molecule has 0 radical (unpaired) electrons. The van der Waals surface area contributed by atoms with Crippen molar-refractivity contribution in [3.63, 3.8) is 0 Å². The summed E-state index contributed by atoms with van der Waals surface area (Å²) in [6.07, 6.45) is 2.36. The highest BCUT2D eigenvalue weighted by Crippen LogP contribution is 2.32. The molecule has 4 nitrogen and oxygen atoms in total. The molecule has 0 bridgehead atoms. The Morgan fingerprint density at radius 3 is 2.82 bits per heavy atom. The molecule has 0 spiro atoms. The first-order valence-corrected chi connectivity index (χ1v) is 5.29. The van der Waals surface area contributed by atoms with Gasteiger partial charge in [-0.1, -0.05) is 6.07 Å². The van der Waals surface area contributed by atoms with Crippen LogP contribution in [0.5, 0.6) is 5.75 Å². The minimum atomic E-state index is 0.564. The highest BCUT2D eigenvalue weighted by atomic mass is 16.5. The van der Waals surface area contributed by atoms with Crippen molar-refractivity contribution < 1.29 is 9.53 Å². The number of carbonyl (C=O) groups is 1. The zero-order chi connectivity index (χ0) is 12.4. The summed E-state index contributed by atoms with van der Waals surface area (Å²) in [7, 11) is 3.43. The molecule has 1 aromatic carbocycles. The molecule has 2 rings (SSSR count). The van der Waals surface area contributed by atoms with Crippen LogP contribution in [0.1, 0.15) is 15.9 Å². The second kappa shape index (κ2) is 4.41. The second-order valence-electron chi connectivity index (χ2n) is 3.89. The van der Waals surface area contributed by atoms with Crippen molar-refractivity contribution in [2.24, 2.45) is 7.05 Å². The van der Waals surface area contributed by atoms with Crippen molar-refractivity contribution in [2.45, 2.75) is 6.92 Å². The Morgan fingerprint density at radius 1 is 1.41 bits per heavy atom.